The van der Waals surface area contributed by atoms with E-state index in [1.165, 1.54) is 24.0 Å². The summed E-state index contributed by atoms with van der Waals surface area (Å²) in [6.45, 7) is 5.50. The van der Waals surface area contributed by atoms with Crippen LogP contribution in [0.15, 0.2) is 52.9 Å². The lowest BCUT2D eigenvalue weighted by Crippen LogP contribution is -2.34. The van der Waals surface area contributed by atoms with Crippen molar-refractivity contribution in [3.05, 3.63) is 60.1 Å². The topological polar surface area (TPSA) is 92.1 Å². The van der Waals surface area contributed by atoms with Crippen LogP contribution in [0.5, 0.6) is 0 Å². The smallest absolute Gasteiger partial charge is 0.219 e. The molecule has 1 saturated heterocycles. The van der Waals surface area contributed by atoms with Crippen molar-refractivity contribution >= 4 is 23.2 Å². The maximum atomic E-state index is 14.4. The van der Waals surface area contributed by atoms with E-state index >= 15 is 0 Å². The molecule has 8 nitrogen and oxygen atoms in total. The molecule has 5 heterocycles. The molecule has 0 radical (unpaired) electrons. The molecule has 6 rings (SSSR count). The predicted molar refractivity (Wildman–Crippen MR) is 141 cm³/mol. The van der Waals surface area contributed by atoms with E-state index in [1.807, 2.05) is 23.4 Å². The molecular formula is C28H28FN7OS. The first-order valence-electron chi connectivity index (χ1n) is 12.9. The minimum Gasteiger partial charge on any atom is -0.342 e. The second kappa shape index (κ2) is 9.55. The van der Waals surface area contributed by atoms with Gasteiger partial charge in [0.05, 0.1) is 29.5 Å². The third-order valence-corrected chi connectivity index (χ3v) is 9.25. The number of fused-ring (bicyclic) bond motifs is 1. The standard InChI is InChI=1S/C28H28FN7OS/c1-18-23(15-33-36(18)22-5-7-28(8-6-22)9-11-34(17-28)19(2)37)20-12-25(38-27-24(29)4-3-10-31-27)26-21(13-30)14-32-35(26)16-20/h3-4,10,12,14-16,22H,5-9,11,17H2,1-2H3. The Bertz CT molecular complexity index is 1580. The van der Waals surface area contributed by atoms with E-state index in [0.29, 0.717) is 22.0 Å². The highest BCUT2D eigenvalue weighted by atomic mass is 32.2. The zero-order valence-corrected chi connectivity index (χ0v) is 22.2. The lowest BCUT2D eigenvalue weighted by Gasteiger charge is -2.37. The summed E-state index contributed by atoms with van der Waals surface area (Å²) in [5, 5.41) is 19.1. The van der Waals surface area contributed by atoms with E-state index in [1.54, 1.807) is 23.7 Å². The molecule has 2 aliphatic rings. The largest absolute Gasteiger partial charge is 0.342 e. The van der Waals surface area contributed by atoms with Gasteiger partial charge in [0.15, 0.2) is 5.82 Å². The average Bonchev–Trinajstić information content (AvgIpc) is 3.63. The van der Waals surface area contributed by atoms with Crippen LogP contribution in [-0.2, 0) is 4.79 Å². The fraction of sp³-hybridized carbons (Fsp3) is 0.393. The molecule has 0 unspecified atom stereocenters. The van der Waals surface area contributed by atoms with Crippen molar-refractivity contribution in [2.75, 3.05) is 13.1 Å². The third-order valence-electron chi connectivity index (χ3n) is 8.23. The highest BCUT2D eigenvalue weighted by Gasteiger charge is 2.42. The van der Waals surface area contributed by atoms with Gasteiger partial charge in [0.2, 0.25) is 5.91 Å². The lowest BCUT2D eigenvalue weighted by atomic mass is 9.72. The van der Waals surface area contributed by atoms with Gasteiger partial charge in [0, 0.05) is 54.1 Å². The predicted octanol–water partition coefficient (Wildman–Crippen LogP) is 5.42. The maximum Gasteiger partial charge on any atom is 0.219 e. The monoisotopic (exact) mass is 529 g/mol. The van der Waals surface area contributed by atoms with E-state index < -0.39 is 5.82 Å². The van der Waals surface area contributed by atoms with Gasteiger partial charge in [-0.15, -0.1) is 0 Å². The highest BCUT2D eigenvalue weighted by Crippen LogP contribution is 2.47. The number of aromatic nitrogens is 5. The zero-order valence-electron chi connectivity index (χ0n) is 21.4. The first-order chi connectivity index (χ1) is 18.4. The van der Waals surface area contributed by atoms with E-state index in [4.69, 9.17) is 5.10 Å². The number of pyridine rings is 2. The molecule has 4 aromatic rings. The van der Waals surface area contributed by atoms with Crippen LogP contribution in [0.1, 0.15) is 56.3 Å². The number of hydrogen-bond donors (Lipinski definition) is 0. The number of carbonyl (C=O) groups excluding carboxylic acids is 1. The van der Waals surface area contributed by atoms with Crippen molar-refractivity contribution in [3.8, 4) is 17.2 Å². The van der Waals surface area contributed by atoms with Gasteiger partial charge in [-0.25, -0.2) is 13.9 Å². The summed E-state index contributed by atoms with van der Waals surface area (Å²) in [6.07, 6.45) is 12.2. The van der Waals surface area contributed by atoms with E-state index in [0.717, 1.165) is 62.0 Å². The molecule has 194 valence electrons. The van der Waals surface area contributed by atoms with Gasteiger partial charge >= 0.3 is 0 Å². The first-order valence-corrected chi connectivity index (χ1v) is 13.7. The molecule has 1 aliphatic heterocycles. The van der Waals surface area contributed by atoms with Crippen LogP contribution in [0, 0.1) is 29.5 Å². The number of amides is 1. The Labute approximate surface area is 224 Å². The van der Waals surface area contributed by atoms with Gasteiger partial charge in [0.25, 0.3) is 0 Å². The zero-order chi connectivity index (χ0) is 26.4. The van der Waals surface area contributed by atoms with Crippen molar-refractivity contribution in [2.24, 2.45) is 5.41 Å². The summed E-state index contributed by atoms with van der Waals surface area (Å²) in [4.78, 5) is 18.7. The van der Waals surface area contributed by atoms with Gasteiger partial charge in [-0.3, -0.25) is 9.48 Å². The SMILES string of the molecule is CC(=O)N1CCC2(CCC(n3ncc(-c4cc(Sc5ncccc5F)c5c(C#N)cnn5c4)c3C)CC2)C1. The van der Waals surface area contributed by atoms with Gasteiger partial charge < -0.3 is 4.90 Å². The Morgan fingerprint density at radius 2 is 2.05 bits per heavy atom. The van der Waals surface area contributed by atoms with Crippen LogP contribution in [-0.4, -0.2) is 48.3 Å². The molecule has 38 heavy (non-hydrogen) atoms. The fourth-order valence-corrected chi connectivity index (χ4v) is 7.06. The van der Waals surface area contributed by atoms with Crippen LogP contribution < -0.4 is 0 Å². The van der Waals surface area contributed by atoms with E-state index in [9.17, 15) is 14.4 Å². The van der Waals surface area contributed by atoms with Crippen LogP contribution in [0.4, 0.5) is 4.39 Å². The Hall–Kier alpha value is -3.71. The van der Waals surface area contributed by atoms with Gasteiger partial charge in [-0.1, -0.05) is 11.8 Å². The molecule has 10 heteroatoms. The second-order valence-corrected chi connectivity index (χ2v) is 11.5. The van der Waals surface area contributed by atoms with Crippen molar-refractivity contribution in [3.63, 3.8) is 0 Å². The number of nitriles is 1. The number of rotatable bonds is 4. The van der Waals surface area contributed by atoms with E-state index in [2.05, 4.69) is 27.8 Å². The normalized spacial score (nSPS) is 21.3. The number of likely N-dealkylation sites (tertiary alicyclic amines) is 1. The molecule has 2 fully saturated rings. The maximum absolute atomic E-state index is 14.4. The van der Waals surface area contributed by atoms with Crippen LogP contribution in [0.25, 0.3) is 16.6 Å². The minimum absolute atomic E-state index is 0.177. The van der Waals surface area contributed by atoms with Crippen LogP contribution >= 0.6 is 11.8 Å². The lowest BCUT2D eigenvalue weighted by molar-refractivity contribution is -0.128. The van der Waals surface area contributed by atoms with Gasteiger partial charge in [-0.2, -0.15) is 15.5 Å². The molecule has 1 saturated carbocycles. The van der Waals surface area contributed by atoms with Crippen LogP contribution in [0.2, 0.25) is 0 Å². The number of hydrogen-bond acceptors (Lipinski definition) is 6. The highest BCUT2D eigenvalue weighted by molar-refractivity contribution is 7.99. The van der Waals surface area contributed by atoms with Crippen molar-refractivity contribution < 1.29 is 9.18 Å². The molecule has 4 aromatic heterocycles. The fourth-order valence-electron chi connectivity index (χ4n) is 6.09. The Balaban J connectivity index is 1.30. The Morgan fingerprint density at radius 1 is 1.24 bits per heavy atom. The van der Waals surface area contributed by atoms with Crippen molar-refractivity contribution in [1.82, 2.24) is 29.3 Å². The number of carbonyl (C=O) groups is 1. The first kappa shape index (κ1) is 24.6. The van der Waals surface area contributed by atoms with Gasteiger partial charge in [0.1, 0.15) is 11.1 Å². The summed E-state index contributed by atoms with van der Waals surface area (Å²) in [6, 6.07) is 7.41. The molecule has 1 spiro atoms. The summed E-state index contributed by atoms with van der Waals surface area (Å²) in [5.74, 6) is -0.234. The third kappa shape index (κ3) is 4.25. The quantitative estimate of drug-likeness (QED) is 0.351. The summed E-state index contributed by atoms with van der Waals surface area (Å²) in [5.41, 5.74) is 4.25. The average molecular weight is 530 g/mol. The van der Waals surface area contributed by atoms with Gasteiger partial charge in [-0.05, 0) is 62.6 Å². The van der Waals surface area contributed by atoms with Crippen molar-refractivity contribution in [2.45, 2.75) is 61.9 Å². The molecule has 0 atom stereocenters. The Morgan fingerprint density at radius 3 is 2.76 bits per heavy atom. The molecule has 0 N–H and O–H groups in total. The molecule has 1 aliphatic carbocycles. The molecule has 0 aromatic carbocycles. The van der Waals surface area contributed by atoms with E-state index in [-0.39, 0.29) is 16.3 Å². The Kier molecular flexibility index (Phi) is 6.19. The summed E-state index contributed by atoms with van der Waals surface area (Å²) < 4.78 is 18.3. The molecular weight excluding hydrogens is 501 g/mol. The molecule has 0 bridgehead atoms. The number of halogens is 1. The second-order valence-electron chi connectivity index (χ2n) is 10.5. The summed E-state index contributed by atoms with van der Waals surface area (Å²) in [7, 11) is 0. The number of nitrogens with zero attached hydrogens (tertiary/aromatic N) is 7. The van der Waals surface area contributed by atoms with Crippen LogP contribution in [0.3, 0.4) is 0 Å². The minimum atomic E-state index is -0.410. The molecule has 1 amide bonds. The summed E-state index contributed by atoms with van der Waals surface area (Å²) >= 11 is 1.19. The van der Waals surface area contributed by atoms with Crippen molar-refractivity contribution in [1.29, 1.82) is 5.26 Å².